The Kier molecular flexibility index (Phi) is 5.51. The zero-order valence-electron chi connectivity index (χ0n) is 18.6. The molecule has 3 atom stereocenters. The fourth-order valence-electron chi connectivity index (χ4n) is 5.30. The summed E-state index contributed by atoms with van der Waals surface area (Å²) in [4.78, 5) is 27.9. The van der Waals surface area contributed by atoms with Gasteiger partial charge in [-0.25, -0.2) is 0 Å². The zero-order chi connectivity index (χ0) is 22.8. The third-order valence-corrected chi connectivity index (χ3v) is 6.84. The molecule has 0 radical (unpaired) electrons. The van der Waals surface area contributed by atoms with Crippen molar-refractivity contribution >= 4 is 29.2 Å². The fourth-order valence-corrected chi connectivity index (χ4v) is 5.30. The van der Waals surface area contributed by atoms with E-state index in [1.165, 1.54) is 5.01 Å². The van der Waals surface area contributed by atoms with E-state index in [1.807, 2.05) is 91.9 Å². The maximum absolute atomic E-state index is 14.1. The van der Waals surface area contributed by atoms with Crippen molar-refractivity contribution in [2.24, 2.45) is 16.4 Å². The largest absolute Gasteiger partial charge is 0.298 e. The average Bonchev–Trinajstić information content (AvgIpc) is 3.34. The highest BCUT2D eigenvalue weighted by atomic mass is 16.2. The molecule has 0 saturated heterocycles. The lowest BCUT2D eigenvalue weighted by Crippen LogP contribution is -2.47. The van der Waals surface area contributed by atoms with Gasteiger partial charge in [0, 0.05) is 12.3 Å². The third kappa shape index (κ3) is 3.43. The van der Waals surface area contributed by atoms with Gasteiger partial charge in [0.05, 0.1) is 11.4 Å². The second-order valence-corrected chi connectivity index (χ2v) is 8.60. The monoisotopic (exact) mass is 434 g/mol. The normalized spacial score (nSPS) is 24.8. The summed E-state index contributed by atoms with van der Waals surface area (Å²) in [7, 11) is 0. The summed E-state index contributed by atoms with van der Waals surface area (Å²) in [5, 5.41) is 6.16. The number of allylic oxidation sites excluding steroid dienone is 1. The van der Waals surface area contributed by atoms with Gasteiger partial charge in [-0.2, -0.15) is 10.1 Å². The Balaban J connectivity index is 1.65. The van der Waals surface area contributed by atoms with E-state index in [-0.39, 0.29) is 23.5 Å². The summed E-state index contributed by atoms with van der Waals surface area (Å²) >= 11 is 0. The molecule has 1 aliphatic heterocycles. The first-order chi connectivity index (χ1) is 16.2. The number of hydrazone groups is 1. The van der Waals surface area contributed by atoms with Crippen LogP contribution in [0.4, 0.5) is 5.69 Å². The van der Waals surface area contributed by atoms with Crippen molar-refractivity contribution in [3.05, 3.63) is 108 Å². The summed E-state index contributed by atoms with van der Waals surface area (Å²) in [6.07, 6.45) is 4.96. The number of carbonyl (C=O) groups is 2. The van der Waals surface area contributed by atoms with Crippen molar-refractivity contribution in [3.63, 3.8) is 0 Å². The van der Waals surface area contributed by atoms with E-state index in [9.17, 15) is 9.59 Å². The molecule has 4 heteroatoms. The minimum absolute atomic E-state index is 0.0388. The van der Waals surface area contributed by atoms with Gasteiger partial charge in [-0.1, -0.05) is 97.9 Å². The maximum atomic E-state index is 14.1. The van der Waals surface area contributed by atoms with E-state index >= 15 is 0 Å². The van der Waals surface area contributed by atoms with Gasteiger partial charge in [0.2, 0.25) is 0 Å². The molecule has 1 fully saturated rings. The van der Waals surface area contributed by atoms with Gasteiger partial charge in [-0.3, -0.25) is 9.59 Å². The lowest BCUT2D eigenvalue weighted by Gasteiger charge is -2.30. The number of para-hydroxylation sites is 1. The number of ketones is 1. The molecule has 0 N–H and O–H groups in total. The van der Waals surface area contributed by atoms with Gasteiger partial charge in [-0.05, 0) is 35.6 Å². The summed E-state index contributed by atoms with van der Waals surface area (Å²) < 4.78 is 0. The molecule has 1 saturated carbocycles. The van der Waals surface area contributed by atoms with Gasteiger partial charge >= 0.3 is 0 Å². The van der Waals surface area contributed by atoms with Gasteiger partial charge in [0.25, 0.3) is 5.91 Å². The van der Waals surface area contributed by atoms with Crippen LogP contribution in [-0.4, -0.2) is 17.4 Å². The Morgan fingerprint density at radius 2 is 1.52 bits per heavy atom. The number of Topliss-reactive ketones (excluding diaryl/α,β-unsaturated/α-hetero) is 1. The summed E-state index contributed by atoms with van der Waals surface area (Å²) in [6.45, 7) is 1.98. The van der Waals surface area contributed by atoms with Crippen LogP contribution in [0.3, 0.4) is 0 Å². The molecular weight excluding hydrogens is 408 g/mol. The average molecular weight is 435 g/mol. The van der Waals surface area contributed by atoms with E-state index < -0.39 is 5.41 Å². The van der Waals surface area contributed by atoms with Crippen LogP contribution in [-0.2, 0) is 9.59 Å². The number of rotatable bonds is 5. The van der Waals surface area contributed by atoms with E-state index in [1.54, 1.807) is 0 Å². The Labute approximate surface area is 194 Å². The predicted molar refractivity (Wildman–Crippen MR) is 132 cm³/mol. The molecule has 3 aromatic carbocycles. The molecule has 33 heavy (non-hydrogen) atoms. The number of anilines is 1. The number of hydrogen-bond acceptors (Lipinski definition) is 3. The molecular formula is C29H26N2O2. The van der Waals surface area contributed by atoms with Gasteiger partial charge < -0.3 is 0 Å². The van der Waals surface area contributed by atoms with Crippen molar-refractivity contribution in [2.75, 3.05) is 5.01 Å². The van der Waals surface area contributed by atoms with Crippen molar-refractivity contribution in [1.82, 2.24) is 0 Å². The SMILES string of the molecule is CCC1=NN(c2ccccc2)C(=O)C12C(=O)CC(c1ccccc1)C2/C=C/c1ccccc1. The first-order valence-electron chi connectivity index (χ1n) is 11.4. The Morgan fingerprint density at radius 3 is 2.15 bits per heavy atom. The van der Waals surface area contributed by atoms with Crippen LogP contribution < -0.4 is 5.01 Å². The topological polar surface area (TPSA) is 49.7 Å². The minimum atomic E-state index is -1.27. The maximum Gasteiger partial charge on any atom is 0.267 e. The highest BCUT2D eigenvalue weighted by Gasteiger charge is 2.65. The van der Waals surface area contributed by atoms with Crippen LogP contribution in [0.5, 0.6) is 0 Å². The zero-order valence-corrected chi connectivity index (χ0v) is 18.6. The molecule has 5 rings (SSSR count). The van der Waals surface area contributed by atoms with E-state index in [0.29, 0.717) is 24.2 Å². The third-order valence-electron chi connectivity index (χ3n) is 6.84. The predicted octanol–water partition coefficient (Wildman–Crippen LogP) is 5.87. The fraction of sp³-hybridized carbons (Fsp3) is 0.207. The van der Waals surface area contributed by atoms with Crippen LogP contribution >= 0.6 is 0 Å². The lowest BCUT2D eigenvalue weighted by molar-refractivity contribution is -0.134. The highest BCUT2D eigenvalue weighted by molar-refractivity contribution is 6.33. The first kappa shape index (κ1) is 21.1. The van der Waals surface area contributed by atoms with Crippen LogP contribution in [0.25, 0.3) is 6.08 Å². The lowest BCUT2D eigenvalue weighted by atomic mass is 9.69. The summed E-state index contributed by atoms with van der Waals surface area (Å²) in [6, 6.07) is 29.4. The highest BCUT2D eigenvalue weighted by Crippen LogP contribution is 2.55. The molecule has 3 aromatic rings. The summed E-state index contributed by atoms with van der Waals surface area (Å²) in [5.74, 6) is -0.678. The quantitative estimate of drug-likeness (QED) is 0.472. The molecule has 1 amide bonds. The Hall–Kier alpha value is -3.79. The summed E-state index contributed by atoms with van der Waals surface area (Å²) in [5.41, 5.74) is 2.19. The smallest absolute Gasteiger partial charge is 0.267 e. The Morgan fingerprint density at radius 1 is 0.909 bits per heavy atom. The van der Waals surface area contributed by atoms with Crippen molar-refractivity contribution < 1.29 is 9.59 Å². The van der Waals surface area contributed by atoms with Crippen LogP contribution in [0.2, 0.25) is 0 Å². The van der Waals surface area contributed by atoms with Crippen molar-refractivity contribution in [3.8, 4) is 0 Å². The molecule has 0 aromatic heterocycles. The molecule has 2 aliphatic rings. The first-order valence-corrected chi connectivity index (χ1v) is 11.4. The molecule has 1 aliphatic carbocycles. The second kappa shape index (κ2) is 8.62. The molecule has 1 spiro atoms. The Bertz CT molecular complexity index is 1220. The standard InChI is InChI=1S/C29H26N2O2/c1-2-26-29(28(33)31(30-26)23-16-10-5-11-17-23)25(19-18-21-12-6-3-7-13-21)24(20-27(29)32)22-14-8-4-9-15-22/h3-19,24-25H,2,20H2,1H3/b19-18+. The number of carbonyl (C=O) groups excluding carboxylic acids is 2. The number of nitrogens with zero attached hydrogens (tertiary/aromatic N) is 2. The van der Waals surface area contributed by atoms with Gasteiger partial charge in [-0.15, -0.1) is 0 Å². The number of amides is 1. The molecule has 0 bridgehead atoms. The minimum Gasteiger partial charge on any atom is -0.298 e. The van der Waals surface area contributed by atoms with Crippen molar-refractivity contribution in [2.45, 2.75) is 25.7 Å². The van der Waals surface area contributed by atoms with Crippen LogP contribution in [0.1, 0.15) is 36.8 Å². The van der Waals surface area contributed by atoms with E-state index in [2.05, 4.69) is 18.2 Å². The molecule has 1 heterocycles. The van der Waals surface area contributed by atoms with Crippen LogP contribution in [0, 0.1) is 11.3 Å². The molecule has 3 unspecified atom stereocenters. The van der Waals surface area contributed by atoms with Crippen LogP contribution in [0.15, 0.2) is 102 Å². The second-order valence-electron chi connectivity index (χ2n) is 8.60. The van der Waals surface area contributed by atoms with Gasteiger partial charge in [0.15, 0.2) is 11.2 Å². The van der Waals surface area contributed by atoms with Gasteiger partial charge in [0.1, 0.15) is 0 Å². The molecule has 4 nitrogen and oxygen atoms in total. The van der Waals surface area contributed by atoms with E-state index in [0.717, 1.165) is 11.1 Å². The van der Waals surface area contributed by atoms with Crippen molar-refractivity contribution in [1.29, 1.82) is 0 Å². The van der Waals surface area contributed by atoms with E-state index in [4.69, 9.17) is 5.10 Å². The number of benzene rings is 3. The molecule has 164 valence electrons. The number of hydrogen-bond donors (Lipinski definition) is 0.